The second kappa shape index (κ2) is 4.56. The van der Waals surface area contributed by atoms with Gasteiger partial charge in [-0.05, 0) is 23.6 Å². The summed E-state index contributed by atoms with van der Waals surface area (Å²) in [6.07, 6.45) is -0.492. The lowest BCUT2D eigenvalue weighted by atomic mass is 9.95. The first-order valence-electron chi connectivity index (χ1n) is 6.31. The molecule has 3 rings (SSSR count). The lowest BCUT2D eigenvalue weighted by molar-refractivity contribution is 0.133. The van der Waals surface area contributed by atoms with Gasteiger partial charge in [0.25, 0.3) is 0 Å². The molecule has 2 aromatic carbocycles. The summed E-state index contributed by atoms with van der Waals surface area (Å²) in [6.45, 7) is 2.88. The zero-order chi connectivity index (χ0) is 12.5. The minimum Gasteiger partial charge on any atom is -0.386 e. The van der Waals surface area contributed by atoms with Crippen LogP contribution in [-0.4, -0.2) is 5.11 Å². The van der Waals surface area contributed by atoms with E-state index in [0.717, 1.165) is 12.1 Å². The summed E-state index contributed by atoms with van der Waals surface area (Å²) in [6, 6.07) is 16.4. The molecular formula is C16H17NO. The number of fused-ring (bicyclic) bond motifs is 1. The molecule has 0 saturated heterocycles. The molecule has 0 radical (unpaired) electrons. The Morgan fingerprint density at radius 3 is 2.83 bits per heavy atom. The van der Waals surface area contributed by atoms with Crippen molar-refractivity contribution in [2.24, 2.45) is 0 Å². The molecule has 2 aromatic rings. The van der Waals surface area contributed by atoms with Gasteiger partial charge in [-0.1, -0.05) is 54.1 Å². The summed E-state index contributed by atoms with van der Waals surface area (Å²) in [5.74, 6) is 0. The standard InChI is InChI=1S/C16H17NO/c1-11-5-4-7-12(9-11)16(18)15-14-8-3-2-6-13(14)10-17-15/h2-9,15-18H,10H2,1H3. The normalized spacial score (nSPS) is 19.6. The Hall–Kier alpha value is -1.64. The van der Waals surface area contributed by atoms with Crippen LogP contribution < -0.4 is 5.32 Å². The molecule has 92 valence electrons. The van der Waals surface area contributed by atoms with Gasteiger partial charge in [0.15, 0.2) is 0 Å². The highest BCUT2D eigenvalue weighted by atomic mass is 16.3. The predicted molar refractivity (Wildman–Crippen MR) is 72.2 cm³/mol. The van der Waals surface area contributed by atoms with Crippen LogP contribution in [0.25, 0.3) is 0 Å². The SMILES string of the molecule is Cc1cccc(C(O)C2NCc3ccccc32)c1. The van der Waals surface area contributed by atoms with Crippen molar-refractivity contribution in [1.82, 2.24) is 5.32 Å². The maximum atomic E-state index is 10.5. The summed E-state index contributed by atoms with van der Waals surface area (Å²) >= 11 is 0. The fourth-order valence-electron chi connectivity index (χ4n) is 2.66. The van der Waals surface area contributed by atoms with Crippen molar-refractivity contribution in [2.75, 3.05) is 0 Å². The zero-order valence-electron chi connectivity index (χ0n) is 10.4. The van der Waals surface area contributed by atoms with Crippen molar-refractivity contribution in [1.29, 1.82) is 0 Å². The molecule has 0 aliphatic carbocycles. The Kier molecular flexibility index (Phi) is 2.90. The van der Waals surface area contributed by atoms with Crippen molar-refractivity contribution >= 4 is 0 Å². The molecule has 2 atom stereocenters. The molecule has 1 aliphatic heterocycles. The summed E-state index contributed by atoms with van der Waals surface area (Å²) in [7, 11) is 0. The molecular weight excluding hydrogens is 222 g/mol. The van der Waals surface area contributed by atoms with Crippen LogP contribution in [0.1, 0.15) is 34.4 Å². The predicted octanol–water partition coefficient (Wildman–Crippen LogP) is 2.87. The Bertz CT molecular complexity index is 565. The molecule has 2 unspecified atom stereocenters. The van der Waals surface area contributed by atoms with E-state index in [1.165, 1.54) is 16.7 Å². The minimum atomic E-state index is -0.492. The first-order chi connectivity index (χ1) is 8.75. The van der Waals surface area contributed by atoms with Gasteiger partial charge in [0.05, 0.1) is 12.1 Å². The Morgan fingerprint density at radius 1 is 1.17 bits per heavy atom. The lowest BCUT2D eigenvalue weighted by Crippen LogP contribution is -2.20. The van der Waals surface area contributed by atoms with Crippen LogP contribution >= 0.6 is 0 Å². The molecule has 1 heterocycles. The highest BCUT2D eigenvalue weighted by Crippen LogP contribution is 2.35. The number of aryl methyl sites for hydroxylation is 1. The number of benzene rings is 2. The minimum absolute atomic E-state index is 0.00278. The van der Waals surface area contributed by atoms with Crippen LogP contribution in [0.15, 0.2) is 48.5 Å². The van der Waals surface area contributed by atoms with E-state index in [1.54, 1.807) is 0 Å². The highest BCUT2D eigenvalue weighted by Gasteiger charge is 2.28. The topological polar surface area (TPSA) is 32.3 Å². The number of nitrogens with one attached hydrogen (secondary N) is 1. The smallest absolute Gasteiger partial charge is 0.0985 e. The van der Waals surface area contributed by atoms with E-state index in [1.807, 2.05) is 43.3 Å². The highest BCUT2D eigenvalue weighted by molar-refractivity contribution is 5.37. The molecule has 0 spiro atoms. The molecule has 18 heavy (non-hydrogen) atoms. The van der Waals surface area contributed by atoms with E-state index >= 15 is 0 Å². The molecule has 0 aromatic heterocycles. The largest absolute Gasteiger partial charge is 0.386 e. The Morgan fingerprint density at radius 2 is 2.00 bits per heavy atom. The quantitative estimate of drug-likeness (QED) is 0.844. The van der Waals surface area contributed by atoms with E-state index in [4.69, 9.17) is 0 Å². The van der Waals surface area contributed by atoms with Crippen LogP contribution in [0, 0.1) is 6.92 Å². The van der Waals surface area contributed by atoms with Gasteiger partial charge in [-0.25, -0.2) is 0 Å². The molecule has 0 fully saturated rings. The van der Waals surface area contributed by atoms with Gasteiger partial charge in [-0.15, -0.1) is 0 Å². The van der Waals surface area contributed by atoms with E-state index in [-0.39, 0.29) is 6.04 Å². The van der Waals surface area contributed by atoms with Crippen molar-refractivity contribution in [3.8, 4) is 0 Å². The van der Waals surface area contributed by atoms with E-state index in [0.29, 0.717) is 0 Å². The van der Waals surface area contributed by atoms with Crippen molar-refractivity contribution < 1.29 is 5.11 Å². The maximum Gasteiger partial charge on any atom is 0.0985 e. The van der Waals surface area contributed by atoms with Crippen LogP contribution in [0.2, 0.25) is 0 Å². The van der Waals surface area contributed by atoms with Crippen molar-refractivity contribution in [3.63, 3.8) is 0 Å². The molecule has 0 amide bonds. The van der Waals surface area contributed by atoms with Crippen LogP contribution in [-0.2, 0) is 6.54 Å². The van der Waals surface area contributed by atoms with E-state index in [2.05, 4.69) is 17.4 Å². The third-order valence-corrected chi connectivity index (χ3v) is 3.60. The third-order valence-electron chi connectivity index (χ3n) is 3.60. The van der Waals surface area contributed by atoms with E-state index in [9.17, 15) is 5.11 Å². The van der Waals surface area contributed by atoms with Gasteiger partial charge in [0.1, 0.15) is 0 Å². The summed E-state index contributed by atoms with van der Waals surface area (Å²) < 4.78 is 0. The Labute approximate surface area is 107 Å². The number of rotatable bonds is 2. The van der Waals surface area contributed by atoms with Gasteiger partial charge in [-0.2, -0.15) is 0 Å². The zero-order valence-corrected chi connectivity index (χ0v) is 10.4. The van der Waals surface area contributed by atoms with Crippen LogP contribution in [0.4, 0.5) is 0 Å². The van der Waals surface area contributed by atoms with Gasteiger partial charge >= 0.3 is 0 Å². The number of hydrogen-bond acceptors (Lipinski definition) is 2. The summed E-state index contributed by atoms with van der Waals surface area (Å²) in [4.78, 5) is 0. The van der Waals surface area contributed by atoms with Crippen molar-refractivity contribution in [3.05, 3.63) is 70.8 Å². The first kappa shape index (κ1) is 11.5. The second-order valence-corrected chi connectivity index (χ2v) is 4.92. The number of aliphatic hydroxyl groups is 1. The fourth-order valence-corrected chi connectivity index (χ4v) is 2.66. The maximum absolute atomic E-state index is 10.5. The average Bonchev–Trinajstić information content (AvgIpc) is 2.82. The Balaban J connectivity index is 1.93. The summed E-state index contributed by atoms with van der Waals surface area (Å²) in [5, 5.41) is 13.9. The molecule has 2 nitrogen and oxygen atoms in total. The molecule has 0 saturated carbocycles. The van der Waals surface area contributed by atoms with Gasteiger partial charge < -0.3 is 10.4 Å². The number of hydrogen-bond donors (Lipinski definition) is 2. The molecule has 0 bridgehead atoms. The van der Waals surface area contributed by atoms with E-state index < -0.39 is 6.10 Å². The number of aliphatic hydroxyl groups excluding tert-OH is 1. The van der Waals surface area contributed by atoms with Crippen molar-refractivity contribution in [2.45, 2.75) is 25.6 Å². The monoisotopic (exact) mass is 239 g/mol. The van der Waals surface area contributed by atoms with Crippen LogP contribution in [0.5, 0.6) is 0 Å². The van der Waals surface area contributed by atoms with Gasteiger partial charge in [0, 0.05) is 6.54 Å². The fraction of sp³-hybridized carbons (Fsp3) is 0.250. The average molecular weight is 239 g/mol. The summed E-state index contributed by atoms with van der Waals surface area (Å²) in [5.41, 5.74) is 4.66. The molecule has 2 N–H and O–H groups in total. The third kappa shape index (κ3) is 1.94. The van der Waals surface area contributed by atoms with Crippen LogP contribution in [0.3, 0.4) is 0 Å². The first-order valence-corrected chi connectivity index (χ1v) is 6.31. The molecule has 1 aliphatic rings. The van der Waals surface area contributed by atoms with Gasteiger partial charge in [0.2, 0.25) is 0 Å². The lowest BCUT2D eigenvalue weighted by Gasteiger charge is -2.20. The van der Waals surface area contributed by atoms with Gasteiger partial charge in [-0.3, -0.25) is 0 Å². The second-order valence-electron chi connectivity index (χ2n) is 4.92. The molecule has 2 heteroatoms.